The van der Waals surface area contributed by atoms with Crippen molar-refractivity contribution >= 4 is 27.7 Å². The molecule has 1 fully saturated rings. The Bertz CT molecular complexity index is 1060. The number of amides is 1. The maximum atomic E-state index is 12.9. The van der Waals surface area contributed by atoms with Crippen LogP contribution in [0, 0.1) is 0 Å². The second kappa shape index (κ2) is 10.6. The van der Waals surface area contributed by atoms with Crippen molar-refractivity contribution in [2.45, 2.75) is 11.8 Å². The van der Waals surface area contributed by atoms with Gasteiger partial charge in [0, 0.05) is 49.6 Å². The van der Waals surface area contributed by atoms with Crippen LogP contribution in [0.1, 0.15) is 12.5 Å². The fourth-order valence-corrected chi connectivity index (χ4v) is 4.87. The van der Waals surface area contributed by atoms with E-state index in [2.05, 4.69) is 17.1 Å². The second-order valence-corrected chi connectivity index (χ2v) is 9.23. The topological polar surface area (TPSA) is 88.2 Å². The number of anilines is 1. The van der Waals surface area contributed by atoms with Crippen molar-refractivity contribution in [3.05, 3.63) is 54.1 Å². The number of methoxy groups -OCH3 is 2. The van der Waals surface area contributed by atoms with Gasteiger partial charge in [-0.3, -0.25) is 4.79 Å². The van der Waals surface area contributed by atoms with Crippen molar-refractivity contribution in [3.63, 3.8) is 0 Å². The van der Waals surface area contributed by atoms with Crippen molar-refractivity contribution in [2.24, 2.45) is 0 Å². The third-order valence-electron chi connectivity index (χ3n) is 5.39. The molecule has 1 aliphatic heterocycles. The molecule has 1 aliphatic rings. The number of piperazine rings is 1. The standard InChI is InChI=1S/C23H29N3O5S/c1-4-25-13-15-26(16-14-25)32(28,29)21-10-7-19(8-11-21)24-23(27)12-6-18-5-9-20(30-2)17-22(18)31-3/h5-12,17H,4,13-16H2,1-3H3,(H,24,27)/b12-6+. The van der Waals surface area contributed by atoms with Gasteiger partial charge in [0.05, 0.1) is 19.1 Å². The summed E-state index contributed by atoms with van der Waals surface area (Å²) >= 11 is 0. The van der Waals surface area contributed by atoms with E-state index in [9.17, 15) is 13.2 Å². The third-order valence-corrected chi connectivity index (χ3v) is 7.31. The fourth-order valence-electron chi connectivity index (χ4n) is 3.45. The predicted molar refractivity (Wildman–Crippen MR) is 125 cm³/mol. The zero-order valence-electron chi connectivity index (χ0n) is 18.6. The largest absolute Gasteiger partial charge is 0.497 e. The summed E-state index contributed by atoms with van der Waals surface area (Å²) < 4.78 is 37.7. The van der Waals surface area contributed by atoms with Crippen LogP contribution in [0.2, 0.25) is 0 Å². The van der Waals surface area contributed by atoms with Crippen LogP contribution in [0.3, 0.4) is 0 Å². The molecule has 1 N–H and O–H groups in total. The SMILES string of the molecule is CCN1CCN(S(=O)(=O)c2ccc(NC(=O)/C=C/c3ccc(OC)cc3OC)cc2)CC1. The summed E-state index contributed by atoms with van der Waals surface area (Å²) in [5.74, 6) is 0.905. The highest BCUT2D eigenvalue weighted by atomic mass is 32.2. The van der Waals surface area contributed by atoms with Crippen LogP contribution in [0.5, 0.6) is 11.5 Å². The molecular weight excluding hydrogens is 430 g/mol. The molecule has 0 saturated carbocycles. The number of benzene rings is 2. The molecule has 0 aliphatic carbocycles. The summed E-state index contributed by atoms with van der Waals surface area (Å²) in [6.07, 6.45) is 3.03. The Morgan fingerprint density at radius 1 is 1.03 bits per heavy atom. The summed E-state index contributed by atoms with van der Waals surface area (Å²) in [5.41, 5.74) is 1.24. The monoisotopic (exact) mass is 459 g/mol. The quantitative estimate of drug-likeness (QED) is 0.611. The Morgan fingerprint density at radius 2 is 1.72 bits per heavy atom. The molecular formula is C23H29N3O5S. The number of nitrogens with one attached hydrogen (secondary N) is 1. The highest BCUT2D eigenvalue weighted by Crippen LogP contribution is 2.25. The van der Waals surface area contributed by atoms with Crippen molar-refractivity contribution in [2.75, 3.05) is 52.3 Å². The van der Waals surface area contributed by atoms with E-state index in [0.717, 1.165) is 25.2 Å². The van der Waals surface area contributed by atoms with E-state index in [1.54, 1.807) is 50.6 Å². The van der Waals surface area contributed by atoms with E-state index in [1.165, 1.54) is 22.5 Å². The van der Waals surface area contributed by atoms with Crippen LogP contribution >= 0.6 is 0 Å². The van der Waals surface area contributed by atoms with Crippen LogP contribution in [0.4, 0.5) is 5.69 Å². The lowest BCUT2D eigenvalue weighted by Gasteiger charge is -2.33. The summed E-state index contributed by atoms with van der Waals surface area (Å²) in [4.78, 5) is 14.7. The fraction of sp³-hybridized carbons (Fsp3) is 0.348. The lowest BCUT2D eigenvalue weighted by molar-refractivity contribution is -0.111. The Kier molecular flexibility index (Phi) is 7.89. The van der Waals surface area contributed by atoms with Crippen molar-refractivity contribution < 1.29 is 22.7 Å². The molecule has 0 unspecified atom stereocenters. The second-order valence-electron chi connectivity index (χ2n) is 7.29. The molecule has 0 radical (unpaired) electrons. The van der Waals surface area contributed by atoms with Gasteiger partial charge >= 0.3 is 0 Å². The van der Waals surface area contributed by atoms with Crippen molar-refractivity contribution in [3.8, 4) is 11.5 Å². The predicted octanol–water partition coefficient (Wildman–Crippen LogP) is 2.68. The van der Waals surface area contributed by atoms with Crippen molar-refractivity contribution in [1.82, 2.24) is 9.21 Å². The van der Waals surface area contributed by atoms with Gasteiger partial charge in [-0.25, -0.2) is 8.42 Å². The first-order valence-corrected chi connectivity index (χ1v) is 11.8. The first kappa shape index (κ1) is 23.8. The van der Waals surface area contributed by atoms with E-state index < -0.39 is 10.0 Å². The van der Waals surface area contributed by atoms with Crippen LogP contribution in [-0.4, -0.2) is 70.5 Å². The van der Waals surface area contributed by atoms with E-state index in [-0.39, 0.29) is 10.8 Å². The van der Waals surface area contributed by atoms with Crippen LogP contribution in [0.15, 0.2) is 53.4 Å². The van der Waals surface area contributed by atoms with Gasteiger partial charge in [-0.2, -0.15) is 4.31 Å². The summed E-state index contributed by atoms with van der Waals surface area (Å²) in [7, 11) is -0.426. The number of ether oxygens (including phenoxy) is 2. The van der Waals surface area contributed by atoms with Gasteiger partial charge in [0.1, 0.15) is 11.5 Å². The van der Waals surface area contributed by atoms with E-state index >= 15 is 0 Å². The number of likely N-dealkylation sites (N-methyl/N-ethyl adjacent to an activating group) is 1. The number of sulfonamides is 1. The van der Waals surface area contributed by atoms with Crippen LogP contribution in [-0.2, 0) is 14.8 Å². The molecule has 0 aromatic heterocycles. The van der Waals surface area contributed by atoms with E-state index in [0.29, 0.717) is 30.3 Å². The van der Waals surface area contributed by atoms with Gasteiger partial charge in [0.25, 0.3) is 0 Å². The molecule has 9 heteroatoms. The molecule has 1 saturated heterocycles. The smallest absolute Gasteiger partial charge is 0.248 e. The lowest BCUT2D eigenvalue weighted by Crippen LogP contribution is -2.48. The first-order chi connectivity index (χ1) is 15.4. The van der Waals surface area contributed by atoms with Crippen LogP contribution < -0.4 is 14.8 Å². The van der Waals surface area contributed by atoms with Gasteiger partial charge < -0.3 is 19.7 Å². The maximum absolute atomic E-state index is 12.9. The molecule has 0 bridgehead atoms. The zero-order valence-corrected chi connectivity index (χ0v) is 19.4. The number of hydrogen-bond acceptors (Lipinski definition) is 6. The van der Waals surface area contributed by atoms with Gasteiger partial charge in [-0.05, 0) is 49.0 Å². The lowest BCUT2D eigenvalue weighted by atomic mass is 10.1. The van der Waals surface area contributed by atoms with Gasteiger partial charge in [-0.15, -0.1) is 0 Å². The highest BCUT2D eigenvalue weighted by Gasteiger charge is 2.27. The molecule has 1 heterocycles. The molecule has 0 spiro atoms. The number of nitrogens with zero attached hydrogens (tertiary/aromatic N) is 2. The molecule has 8 nitrogen and oxygen atoms in total. The van der Waals surface area contributed by atoms with Crippen molar-refractivity contribution in [1.29, 1.82) is 0 Å². The molecule has 0 atom stereocenters. The molecule has 3 rings (SSSR count). The molecule has 1 amide bonds. The van der Waals surface area contributed by atoms with E-state index in [1.807, 2.05) is 0 Å². The normalized spacial score (nSPS) is 15.6. The maximum Gasteiger partial charge on any atom is 0.248 e. The van der Waals surface area contributed by atoms with Gasteiger partial charge in [0.15, 0.2) is 0 Å². The van der Waals surface area contributed by atoms with Gasteiger partial charge in [0.2, 0.25) is 15.9 Å². The summed E-state index contributed by atoms with van der Waals surface area (Å²) in [5, 5.41) is 2.74. The zero-order chi connectivity index (χ0) is 23.1. The van der Waals surface area contributed by atoms with Crippen LogP contribution in [0.25, 0.3) is 6.08 Å². The first-order valence-electron chi connectivity index (χ1n) is 10.4. The average molecular weight is 460 g/mol. The minimum Gasteiger partial charge on any atom is -0.497 e. The third kappa shape index (κ3) is 5.67. The molecule has 2 aromatic rings. The number of hydrogen-bond donors (Lipinski definition) is 1. The minimum absolute atomic E-state index is 0.221. The Morgan fingerprint density at radius 3 is 2.31 bits per heavy atom. The van der Waals surface area contributed by atoms with E-state index in [4.69, 9.17) is 9.47 Å². The Hall–Kier alpha value is -2.88. The summed E-state index contributed by atoms with van der Waals surface area (Å²) in [6, 6.07) is 11.5. The average Bonchev–Trinajstić information content (AvgIpc) is 2.83. The number of carbonyl (C=O) groups excluding carboxylic acids is 1. The minimum atomic E-state index is -3.54. The molecule has 32 heavy (non-hydrogen) atoms. The number of carbonyl (C=O) groups is 1. The highest BCUT2D eigenvalue weighted by molar-refractivity contribution is 7.89. The summed E-state index contributed by atoms with van der Waals surface area (Å²) in [6.45, 7) is 5.41. The Balaban J connectivity index is 1.63. The van der Waals surface area contributed by atoms with Gasteiger partial charge in [-0.1, -0.05) is 6.92 Å². The number of rotatable bonds is 8. The Labute approximate surface area is 189 Å². The molecule has 172 valence electrons. The molecule has 2 aromatic carbocycles.